The first kappa shape index (κ1) is 20.3. The van der Waals surface area contributed by atoms with Gasteiger partial charge in [-0.25, -0.2) is 9.97 Å². The third-order valence-corrected chi connectivity index (χ3v) is 6.72. The molecule has 0 saturated carbocycles. The predicted molar refractivity (Wildman–Crippen MR) is 123 cm³/mol. The van der Waals surface area contributed by atoms with E-state index < -0.39 is 0 Å². The summed E-state index contributed by atoms with van der Waals surface area (Å²) < 4.78 is 0. The fourth-order valence-corrected chi connectivity index (χ4v) is 4.99. The van der Waals surface area contributed by atoms with Crippen LogP contribution in [0.4, 0.5) is 5.82 Å². The number of rotatable bonds is 7. The maximum absolute atomic E-state index is 4.95. The number of fused-ring (bicyclic) bond motifs is 1. The third kappa shape index (κ3) is 4.77. The van der Waals surface area contributed by atoms with E-state index in [1.807, 2.05) is 0 Å². The molecule has 0 aliphatic carbocycles. The summed E-state index contributed by atoms with van der Waals surface area (Å²) >= 11 is 1.78. The molecule has 1 aromatic carbocycles. The molecule has 0 spiro atoms. The highest BCUT2D eigenvalue weighted by Crippen LogP contribution is 2.33. The highest BCUT2D eigenvalue weighted by Gasteiger charge is 2.18. The summed E-state index contributed by atoms with van der Waals surface area (Å²) in [5.41, 5.74) is 3.90. The minimum Gasteiger partial charge on any atom is -0.365 e. The van der Waals surface area contributed by atoms with Crippen molar-refractivity contribution < 1.29 is 0 Å². The summed E-state index contributed by atoms with van der Waals surface area (Å²) in [6.45, 7) is 9.26. The van der Waals surface area contributed by atoms with Gasteiger partial charge in [-0.05, 0) is 70.6 Å². The van der Waals surface area contributed by atoms with E-state index in [2.05, 4.69) is 67.3 Å². The molecule has 1 fully saturated rings. The van der Waals surface area contributed by atoms with Crippen LogP contribution >= 0.6 is 11.3 Å². The number of nitrogens with zero attached hydrogens (tertiary/aromatic N) is 4. The van der Waals surface area contributed by atoms with Gasteiger partial charge in [0.1, 0.15) is 16.5 Å². The molecule has 29 heavy (non-hydrogen) atoms. The smallest absolute Gasteiger partial charge is 0.146 e. The molecule has 1 N–H and O–H groups in total. The van der Waals surface area contributed by atoms with Crippen molar-refractivity contribution in [2.75, 3.05) is 32.5 Å². The highest BCUT2D eigenvalue weighted by atomic mass is 32.1. The van der Waals surface area contributed by atoms with Crippen molar-refractivity contribution in [1.29, 1.82) is 0 Å². The zero-order valence-electron chi connectivity index (χ0n) is 18.0. The zero-order chi connectivity index (χ0) is 20.4. The van der Waals surface area contributed by atoms with E-state index in [4.69, 9.17) is 9.97 Å². The Labute approximate surface area is 177 Å². The third-order valence-electron chi connectivity index (χ3n) is 5.62. The molecule has 2 aromatic heterocycles. The summed E-state index contributed by atoms with van der Waals surface area (Å²) in [6.07, 6.45) is 2.57. The fourth-order valence-electron chi connectivity index (χ4n) is 3.95. The zero-order valence-corrected chi connectivity index (χ0v) is 18.8. The second-order valence-electron chi connectivity index (χ2n) is 8.34. The summed E-state index contributed by atoms with van der Waals surface area (Å²) in [5.74, 6) is 1.91. The van der Waals surface area contributed by atoms with Gasteiger partial charge in [0.25, 0.3) is 0 Å². The average molecular weight is 410 g/mol. The average Bonchev–Trinajstić information content (AvgIpc) is 3.29. The summed E-state index contributed by atoms with van der Waals surface area (Å²) in [4.78, 5) is 16.9. The molecule has 3 aromatic rings. The molecule has 0 atom stereocenters. The lowest BCUT2D eigenvalue weighted by atomic mass is 10.1. The Kier molecular flexibility index (Phi) is 6.13. The molecule has 1 saturated heterocycles. The van der Waals surface area contributed by atoms with E-state index in [-0.39, 0.29) is 0 Å². The minimum atomic E-state index is 0.770. The molecule has 0 radical (unpaired) electrons. The SMILES string of the molecule is Cc1sc2nc(CN3CCCC3)nc(NCc3ccc(CN(C)C)cc3)c2c1C. The lowest BCUT2D eigenvalue weighted by Crippen LogP contribution is -2.20. The number of benzene rings is 1. The molecule has 5 nitrogen and oxygen atoms in total. The molecule has 1 aliphatic heterocycles. The van der Waals surface area contributed by atoms with Gasteiger partial charge in [0.05, 0.1) is 11.9 Å². The summed E-state index contributed by atoms with van der Waals surface area (Å²) in [7, 11) is 4.20. The monoisotopic (exact) mass is 409 g/mol. The van der Waals surface area contributed by atoms with Crippen LogP contribution in [-0.2, 0) is 19.6 Å². The van der Waals surface area contributed by atoms with Gasteiger partial charge in [-0.15, -0.1) is 11.3 Å². The van der Waals surface area contributed by atoms with Crippen molar-refractivity contribution in [2.24, 2.45) is 0 Å². The summed E-state index contributed by atoms with van der Waals surface area (Å²) in [5, 5.41) is 4.79. The van der Waals surface area contributed by atoms with E-state index in [1.54, 1.807) is 11.3 Å². The van der Waals surface area contributed by atoms with Crippen LogP contribution in [-0.4, -0.2) is 47.0 Å². The first-order valence-corrected chi connectivity index (χ1v) is 11.3. The van der Waals surface area contributed by atoms with Gasteiger partial charge >= 0.3 is 0 Å². The van der Waals surface area contributed by atoms with E-state index in [0.717, 1.165) is 49.2 Å². The molecule has 0 amide bonds. The van der Waals surface area contributed by atoms with Gasteiger partial charge in [-0.3, -0.25) is 4.90 Å². The predicted octanol–water partition coefficient (Wildman–Crippen LogP) is 4.58. The Morgan fingerprint density at radius 3 is 2.41 bits per heavy atom. The second-order valence-corrected chi connectivity index (χ2v) is 9.55. The van der Waals surface area contributed by atoms with Crippen molar-refractivity contribution in [1.82, 2.24) is 19.8 Å². The molecule has 0 bridgehead atoms. The number of aryl methyl sites for hydroxylation is 2. The van der Waals surface area contributed by atoms with Crippen molar-refractivity contribution >= 4 is 27.4 Å². The van der Waals surface area contributed by atoms with Gasteiger partial charge < -0.3 is 10.2 Å². The second kappa shape index (κ2) is 8.78. The molecule has 6 heteroatoms. The lowest BCUT2D eigenvalue weighted by Gasteiger charge is -2.15. The van der Waals surface area contributed by atoms with Crippen LogP contribution in [0.5, 0.6) is 0 Å². The van der Waals surface area contributed by atoms with Crippen LogP contribution in [0.15, 0.2) is 24.3 Å². The maximum Gasteiger partial charge on any atom is 0.146 e. The number of nitrogens with one attached hydrogen (secondary N) is 1. The number of anilines is 1. The standard InChI is InChI=1S/C23H31N5S/c1-16-17(2)29-23-21(16)22(25-20(26-23)15-28-11-5-6-12-28)24-13-18-7-9-19(10-8-18)14-27(3)4/h7-10H,5-6,11-15H2,1-4H3,(H,24,25,26). The number of thiophene rings is 1. The highest BCUT2D eigenvalue weighted by molar-refractivity contribution is 7.18. The quantitative estimate of drug-likeness (QED) is 0.619. The Morgan fingerprint density at radius 1 is 1.03 bits per heavy atom. The van der Waals surface area contributed by atoms with Gasteiger partial charge in [-0.2, -0.15) is 0 Å². The normalized spacial score (nSPS) is 14.9. The van der Waals surface area contributed by atoms with Crippen LogP contribution in [0.2, 0.25) is 0 Å². The largest absolute Gasteiger partial charge is 0.365 e. The Balaban J connectivity index is 1.56. The minimum absolute atomic E-state index is 0.770. The molecule has 4 rings (SSSR count). The Hall–Kier alpha value is -2.02. The van der Waals surface area contributed by atoms with E-state index in [0.29, 0.717) is 0 Å². The van der Waals surface area contributed by atoms with Crippen molar-refractivity contribution in [3.63, 3.8) is 0 Å². The van der Waals surface area contributed by atoms with E-state index >= 15 is 0 Å². The van der Waals surface area contributed by atoms with Gasteiger partial charge in [0, 0.05) is 18.0 Å². The molecule has 0 unspecified atom stereocenters. The fraction of sp³-hybridized carbons (Fsp3) is 0.478. The first-order chi connectivity index (χ1) is 14.0. The molecule has 154 valence electrons. The molecule has 1 aliphatic rings. The van der Waals surface area contributed by atoms with E-state index in [1.165, 1.54) is 39.8 Å². The number of hydrogen-bond donors (Lipinski definition) is 1. The number of aromatic nitrogens is 2. The Bertz CT molecular complexity index is 971. The molecule has 3 heterocycles. The first-order valence-electron chi connectivity index (χ1n) is 10.4. The van der Waals surface area contributed by atoms with Crippen LogP contribution < -0.4 is 5.32 Å². The van der Waals surface area contributed by atoms with Gasteiger partial charge in [-0.1, -0.05) is 24.3 Å². The molecular formula is C23H31N5S. The number of likely N-dealkylation sites (tertiary alicyclic amines) is 1. The topological polar surface area (TPSA) is 44.3 Å². The van der Waals surface area contributed by atoms with Crippen LogP contribution in [0, 0.1) is 13.8 Å². The van der Waals surface area contributed by atoms with E-state index in [9.17, 15) is 0 Å². The lowest BCUT2D eigenvalue weighted by molar-refractivity contribution is 0.323. The molecular weight excluding hydrogens is 378 g/mol. The van der Waals surface area contributed by atoms with Crippen molar-refractivity contribution in [2.45, 2.75) is 46.3 Å². The Morgan fingerprint density at radius 2 is 1.72 bits per heavy atom. The van der Waals surface area contributed by atoms with Crippen LogP contribution in [0.25, 0.3) is 10.2 Å². The van der Waals surface area contributed by atoms with Crippen LogP contribution in [0.1, 0.15) is 40.2 Å². The maximum atomic E-state index is 4.95. The van der Waals surface area contributed by atoms with Crippen molar-refractivity contribution in [3.05, 3.63) is 51.7 Å². The van der Waals surface area contributed by atoms with Gasteiger partial charge in [0.2, 0.25) is 0 Å². The summed E-state index contributed by atoms with van der Waals surface area (Å²) in [6, 6.07) is 8.85. The van der Waals surface area contributed by atoms with Crippen LogP contribution in [0.3, 0.4) is 0 Å². The van der Waals surface area contributed by atoms with Gasteiger partial charge in [0.15, 0.2) is 0 Å². The van der Waals surface area contributed by atoms with Crippen molar-refractivity contribution in [3.8, 4) is 0 Å². The number of hydrogen-bond acceptors (Lipinski definition) is 6.